The monoisotopic (exact) mass is 266 g/mol. The van der Waals surface area contributed by atoms with E-state index in [0.29, 0.717) is 5.54 Å². The van der Waals surface area contributed by atoms with Gasteiger partial charge in [-0.1, -0.05) is 19.3 Å². The average molecular weight is 266 g/mol. The minimum atomic E-state index is 0.396. The number of nitrogens with one attached hydrogen (secondary N) is 1. The van der Waals surface area contributed by atoms with Gasteiger partial charge in [-0.05, 0) is 38.5 Å². The molecule has 3 nitrogen and oxygen atoms in total. The lowest BCUT2D eigenvalue weighted by molar-refractivity contribution is -0.0350. The Morgan fingerprint density at radius 3 is 2.58 bits per heavy atom. The third-order valence-corrected chi connectivity index (χ3v) is 5.76. The van der Waals surface area contributed by atoms with E-state index >= 15 is 0 Å². The quantitative estimate of drug-likeness (QED) is 0.830. The fourth-order valence-electron chi connectivity index (χ4n) is 4.25. The number of piperazine rings is 1. The van der Waals surface area contributed by atoms with Crippen molar-refractivity contribution in [1.29, 1.82) is 0 Å². The summed E-state index contributed by atoms with van der Waals surface area (Å²) in [5.74, 6) is 0.931. The van der Waals surface area contributed by atoms with Crippen molar-refractivity contribution in [2.45, 2.75) is 63.5 Å². The van der Waals surface area contributed by atoms with Crippen molar-refractivity contribution < 1.29 is 4.74 Å². The Labute approximate surface area is 118 Å². The van der Waals surface area contributed by atoms with Crippen LogP contribution in [0.4, 0.5) is 0 Å². The smallest absolute Gasteiger partial charge is 0.0483 e. The first kappa shape index (κ1) is 13.8. The minimum absolute atomic E-state index is 0.396. The van der Waals surface area contributed by atoms with Gasteiger partial charge in [-0.2, -0.15) is 0 Å². The van der Waals surface area contributed by atoms with E-state index in [2.05, 4.69) is 17.1 Å². The first-order chi connectivity index (χ1) is 9.28. The summed E-state index contributed by atoms with van der Waals surface area (Å²) in [4.78, 5) is 2.77. The van der Waals surface area contributed by atoms with Crippen LogP contribution in [0.3, 0.4) is 0 Å². The lowest BCUT2D eigenvalue weighted by Gasteiger charge is -2.49. The van der Waals surface area contributed by atoms with E-state index in [-0.39, 0.29) is 0 Å². The Hall–Kier alpha value is -0.120. The summed E-state index contributed by atoms with van der Waals surface area (Å²) >= 11 is 0. The number of hydrogen-bond acceptors (Lipinski definition) is 3. The lowest BCUT2D eigenvalue weighted by Crippen LogP contribution is -2.61. The van der Waals surface area contributed by atoms with Crippen LogP contribution < -0.4 is 5.32 Å². The van der Waals surface area contributed by atoms with Gasteiger partial charge in [0.1, 0.15) is 0 Å². The third kappa shape index (κ3) is 3.14. The van der Waals surface area contributed by atoms with Crippen LogP contribution in [0.5, 0.6) is 0 Å². The van der Waals surface area contributed by atoms with Crippen molar-refractivity contribution in [3.05, 3.63) is 0 Å². The Morgan fingerprint density at radius 1 is 1.11 bits per heavy atom. The molecule has 3 aliphatic rings. The average Bonchev–Trinajstić information content (AvgIpc) is 2.49. The maximum absolute atomic E-state index is 5.56. The second kappa shape index (κ2) is 6.11. The van der Waals surface area contributed by atoms with Crippen molar-refractivity contribution in [2.24, 2.45) is 5.92 Å². The van der Waals surface area contributed by atoms with E-state index in [0.717, 1.165) is 25.2 Å². The Morgan fingerprint density at radius 2 is 1.84 bits per heavy atom. The molecule has 3 fully saturated rings. The molecule has 19 heavy (non-hydrogen) atoms. The van der Waals surface area contributed by atoms with Crippen molar-refractivity contribution >= 4 is 0 Å². The van der Waals surface area contributed by atoms with Crippen molar-refractivity contribution in [1.82, 2.24) is 10.2 Å². The van der Waals surface area contributed by atoms with Crippen LogP contribution in [-0.2, 0) is 4.74 Å². The van der Waals surface area contributed by atoms with Crippen LogP contribution in [0.1, 0.15) is 51.9 Å². The fourth-order valence-corrected chi connectivity index (χ4v) is 4.25. The van der Waals surface area contributed by atoms with Gasteiger partial charge >= 0.3 is 0 Å². The molecule has 0 radical (unpaired) electrons. The van der Waals surface area contributed by atoms with Crippen LogP contribution >= 0.6 is 0 Å². The van der Waals surface area contributed by atoms with E-state index in [1.54, 1.807) is 0 Å². The zero-order valence-corrected chi connectivity index (χ0v) is 12.5. The maximum atomic E-state index is 5.56. The molecule has 0 bridgehead atoms. The van der Waals surface area contributed by atoms with Gasteiger partial charge in [0.15, 0.2) is 0 Å². The molecule has 0 spiro atoms. The molecule has 2 saturated heterocycles. The van der Waals surface area contributed by atoms with E-state index < -0.39 is 0 Å². The Bertz CT molecular complexity index is 282. The van der Waals surface area contributed by atoms with E-state index in [4.69, 9.17) is 4.74 Å². The van der Waals surface area contributed by atoms with Crippen LogP contribution in [0.2, 0.25) is 0 Å². The Balaban J connectivity index is 1.60. The van der Waals surface area contributed by atoms with E-state index in [1.165, 1.54) is 64.6 Å². The number of nitrogens with zero attached hydrogens (tertiary/aromatic N) is 1. The van der Waals surface area contributed by atoms with Gasteiger partial charge in [0.2, 0.25) is 0 Å². The summed E-state index contributed by atoms with van der Waals surface area (Å²) in [5.41, 5.74) is 0.396. The fraction of sp³-hybridized carbons (Fsp3) is 1.00. The third-order valence-electron chi connectivity index (χ3n) is 5.76. The van der Waals surface area contributed by atoms with Gasteiger partial charge in [0, 0.05) is 44.4 Å². The second-order valence-corrected chi connectivity index (χ2v) is 7.01. The molecule has 1 saturated carbocycles. The highest BCUT2D eigenvalue weighted by atomic mass is 16.5. The molecular formula is C16H30N2O. The second-order valence-electron chi connectivity index (χ2n) is 7.01. The molecule has 0 aromatic carbocycles. The lowest BCUT2D eigenvalue weighted by atomic mass is 9.81. The van der Waals surface area contributed by atoms with Gasteiger partial charge in [0.05, 0.1) is 0 Å². The van der Waals surface area contributed by atoms with Gasteiger partial charge in [0.25, 0.3) is 0 Å². The summed E-state index contributed by atoms with van der Waals surface area (Å²) in [6.07, 6.45) is 9.69. The van der Waals surface area contributed by atoms with Gasteiger partial charge in [-0.3, -0.25) is 4.90 Å². The summed E-state index contributed by atoms with van der Waals surface area (Å²) in [7, 11) is 0. The molecule has 0 aromatic heterocycles. The summed E-state index contributed by atoms with van der Waals surface area (Å²) in [6, 6.07) is 0.744. The molecule has 0 aromatic rings. The molecular weight excluding hydrogens is 236 g/mol. The molecule has 1 aliphatic carbocycles. The molecule has 110 valence electrons. The van der Waals surface area contributed by atoms with E-state index in [9.17, 15) is 0 Å². The van der Waals surface area contributed by atoms with Crippen LogP contribution in [0.25, 0.3) is 0 Å². The predicted molar refractivity (Wildman–Crippen MR) is 78.4 cm³/mol. The van der Waals surface area contributed by atoms with Gasteiger partial charge in [-0.15, -0.1) is 0 Å². The first-order valence-corrected chi connectivity index (χ1v) is 8.34. The molecule has 3 rings (SSSR count). The zero-order chi connectivity index (χ0) is 13.1. The largest absolute Gasteiger partial charge is 0.381 e. The first-order valence-electron chi connectivity index (χ1n) is 8.34. The molecule has 1 atom stereocenters. The number of hydrogen-bond donors (Lipinski definition) is 1. The molecule has 1 N–H and O–H groups in total. The Kier molecular flexibility index (Phi) is 4.45. The van der Waals surface area contributed by atoms with E-state index in [1.807, 2.05) is 0 Å². The van der Waals surface area contributed by atoms with Gasteiger partial charge in [-0.25, -0.2) is 0 Å². The molecule has 1 unspecified atom stereocenters. The molecule has 2 aliphatic heterocycles. The van der Waals surface area contributed by atoms with Crippen molar-refractivity contribution in [2.75, 3.05) is 32.8 Å². The highest BCUT2D eigenvalue weighted by Crippen LogP contribution is 2.32. The summed E-state index contributed by atoms with van der Waals surface area (Å²) in [6.45, 7) is 8.03. The predicted octanol–water partition coefficient (Wildman–Crippen LogP) is 2.41. The topological polar surface area (TPSA) is 24.5 Å². The normalized spacial score (nSPS) is 34.3. The minimum Gasteiger partial charge on any atom is -0.381 e. The SMILES string of the molecule is CC1(N2CCNC(C3CCCCC3)C2)CCOCC1. The molecule has 3 heteroatoms. The maximum Gasteiger partial charge on any atom is 0.0483 e. The number of ether oxygens (including phenoxy) is 1. The summed E-state index contributed by atoms with van der Waals surface area (Å²) in [5, 5.41) is 3.80. The highest BCUT2D eigenvalue weighted by molar-refractivity contribution is 4.95. The van der Waals surface area contributed by atoms with Crippen molar-refractivity contribution in [3.63, 3.8) is 0 Å². The van der Waals surface area contributed by atoms with Crippen LogP contribution in [0, 0.1) is 5.92 Å². The molecule has 0 amide bonds. The number of rotatable bonds is 2. The van der Waals surface area contributed by atoms with Gasteiger partial charge < -0.3 is 10.1 Å². The molecule has 2 heterocycles. The zero-order valence-electron chi connectivity index (χ0n) is 12.5. The highest BCUT2D eigenvalue weighted by Gasteiger charge is 2.38. The standard InChI is InChI=1S/C16H30N2O/c1-16(7-11-19-12-8-16)18-10-9-17-15(13-18)14-5-3-2-4-6-14/h14-15,17H,2-13H2,1H3. The van der Waals surface area contributed by atoms with Crippen LogP contribution in [0.15, 0.2) is 0 Å². The van der Waals surface area contributed by atoms with Crippen molar-refractivity contribution in [3.8, 4) is 0 Å². The van der Waals surface area contributed by atoms with Crippen LogP contribution in [-0.4, -0.2) is 49.3 Å². The summed E-state index contributed by atoms with van der Waals surface area (Å²) < 4.78 is 5.56.